The van der Waals surface area contributed by atoms with Crippen molar-refractivity contribution in [2.75, 3.05) is 5.32 Å². The Morgan fingerprint density at radius 1 is 1.28 bits per heavy atom. The molecule has 0 saturated carbocycles. The number of hydrogen-bond donors (Lipinski definition) is 1. The van der Waals surface area contributed by atoms with Crippen molar-refractivity contribution in [1.29, 1.82) is 0 Å². The van der Waals surface area contributed by atoms with E-state index in [4.69, 9.17) is 23.2 Å². The highest BCUT2D eigenvalue weighted by molar-refractivity contribution is 6.35. The standard InChI is InChI=1S/C11H10Cl2N4O/c12-8-3-9(13)5-10(4-8)16-11(18)1-2-17-7-14-6-15-17/h3-7H,1-2H2,(H,16,18). The van der Waals surface area contributed by atoms with Gasteiger partial charge in [0.1, 0.15) is 12.7 Å². The highest BCUT2D eigenvalue weighted by Gasteiger charge is 2.05. The Morgan fingerprint density at radius 2 is 2.00 bits per heavy atom. The third-order valence-electron chi connectivity index (χ3n) is 2.18. The van der Waals surface area contributed by atoms with Crippen LogP contribution in [0.4, 0.5) is 5.69 Å². The zero-order valence-corrected chi connectivity index (χ0v) is 10.8. The van der Waals surface area contributed by atoms with Gasteiger partial charge >= 0.3 is 0 Å². The summed E-state index contributed by atoms with van der Waals surface area (Å²) in [6, 6.07) is 4.88. The zero-order chi connectivity index (χ0) is 13.0. The van der Waals surface area contributed by atoms with Gasteiger partial charge in [0.25, 0.3) is 0 Å². The second-order valence-electron chi connectivity index (χ2n) is 3.61. The molecular weight excluding hydrogens is 275 g/mol. The van der Waals surface area contributed by atoms with Crippen LogP contribution in [0.25, 0.3) is 0 Å². The largest absolute Gasteiger partial charge is 0.326 e. The molecule has 1 heterocycles. The number of carbonyl (C=O) groups is 1. The molecule has 1 N–H and O–H groups in total. The topological polar surface area (TPSA) is 59.8 Å². The van der Waals surface area contributed by atoms with Gasteiger partial charge in [0, 0.05) is 22.2 Å². The highest BCUT2D eigenvalue weighted by Crippen LogP contribution is 2.22. The first-order chi connectivity index (χ1) is 8.63. The Balaban J connectivity index is 1.90. The molecule has 0 radical (unpaired) electrons. The summed E-state index contributed by atoms with van der Waals surface area (Å²) in [4.78, 5) is 15.5. The molecule has 1 aromatic heterocycles. The summed E-state index contributed by atoms with van der Waals surface area (Å²) < 4.78 is 1.59. The van der Waals surface area contributed by atoms with Crippen LogP contribution in [0.15, 0.2) is 30.9 Å². The molecule has 0 aliphatic rings. The Labute approximate surface area is 114 Å². The Morgan fingerprint density at radius 3 is 2.61 bits per heavy atom. The molecule has 94 valence electrons. The van der Waals surface area contributed by atoms with E-state index in [-0.39, 0.29) is 5.91 Å². The number of anilines is 1. The van der Waals surface area contributed by atoms with Crippen molar-refractivity contribution in [3.05, 3.63) is 40.9 Å². The lowest BCUT2D eigenvalue weighted by atomic mass is 10.3. The van der Waals surface area contributed by atoms with Gasteiger partial charge in [-0.15, -0.1) is 0 Å². The van der Waals surface area contributed by atoms with Gasteiger partial charge in [-0.3, -0.25) is 9.48 Å². The number of rotatable bonds is 4. The van der Waals surface area contributed by atoms with Crippen LogP contribution in [0.5, 0.6) is 0 Å². The number of halogens is 2. The molecule has 1 amide bonds. The van der Waals surface area contributed by atoms with Crippen LogP contribution in [0.1, 0.15) is 6.42 Å². The summed E-state index contributed by atoms with van der Waals surface area (Å²) in [5, 5.41) is 7.58. The van der Waals surface area contributed by atoms with Crippen LogP contribution in [-0.2, 0) is 11.3 Å². The Kier molecular flexibility index (Phi) is 4.17. The third-order valence-corrected chi connectivity index (χ3v) is 2.62. The van der Waals surface area contributed by atoms with Crippen LogP contribution < -0.4 is 5.32 Å². The highest BCUT2D eigenvalue weighted by atomic mass is 35.5. The van der Waals surface area contributed by atoms with E-state index in [0.29, 0.717) is 28.7 Å². The molecule has 0 unspecified atom stereocenters. The summed E-state index contributed by atoms with van der Waals surface area (Å²) >= 11 is 11.7. The van der Waals surface area contributed by atoms with E-state index in [0.717, 1.165) is 0 Å². The summed E-state index contributed by atoms with van der Waals surface area (Å²) in [7, 11) is 0. The number of carbonyl (C=O) groups excluding carboxylic acids is 1. The minimum absolute atomic E-state index is 0.135. The number of benzene rings is 1. The first-order valence-electron chi connectivity index (χ1n) is 5.22. The molecule has 2 aromatic rings. The summed E-state index contributed by atoms with van der Waals surface area (Å²) in [6.45, 7) is 0.472. The lowest BCUT2D eigenvalue weighted by molar-refractivity contribution is -0.116. The molecular formula is C11H10Cl2N4O. The number of nitrogens with one attached hydrogen (secondary N) is 1. The van der Waals surface area contributed by atoms with Crippen LogP contribution in [0.2, 0.25) is 10.0 Å². The van der Waals surface area contributed by atoms with Gasteiger partial charge in [-0.1, -0.05) is 23.2 Å². The van der Waals surface area contributed by atoms with E-state index in [1.807, 2.05) is 0 Å². The molecule has 18 heavy (non-hydrogen) atoms. The van der Waals surface area contributed by atoms with Crippen LogP contribution in [0, 0.1) is 0 Å². The van der Waals surface area contributed by atoms with E-state index in [1.54, 1.807) is 29.2 Å². The minimum Gasteiger partial charge on any atom is -0.326 e. The minimum atomic E-state index is -0.135. The van der Waals surface area contributed by atoms with Gasteiger partial charge in [-0.2, -0.15) is 5.10 Å². The number of aryl methyl sites for hydroxylation is 1. The van der Waals surface area contributed by atoms with Gasteiger partial charge in [0.05, 0.1) is 6.54 Å². The number of hydrogen-bond acceptors (Lipinski definition) is 3. The second kappa shape index (κ2) is 5.84. The first-order valence-corrected chi connectivity index (χ1v) is 5.97. The fourth-order valence-corrected chi connectivity index (χ4v) is 1.94. The van der Waals surface area contributed by atoms with Crippen molar-refractivity contribution in [1.82, 2.24) is 14.8 Å². The lowest BCUT2D eigenvalue weighted by Gasteiger charge is -2.06. The molecule has 0 saturated heterocycles. The zero-order valence-electron chi connectivity index (χ0n) is 9.31. The van der Waals surface area contributed by atoms with Gasteiger partial charge in [-0.25, -0.2) is 4.98 Å². The molecule has 2 rings (SSSR count). The fraction of sp³-hybridized carbons (Fsp3) is 0.182. The molecule has 0 aliphatic carbocycles. The van der Waals surface area contributed by atoms with E-state index in [2.05, 4.69) is 15.4 Å². The molecule has 7 heteroatoms. The molecule has 0 fully saturated rings. The maximum absolute atomic E-state index is 11.7. The summed E-state index contributed by atoms with van der Waals surface area (Å²) in [5.74, 6) is -0.135. The molecule has 5 nitrogen and oxygen atoms in total. The average Bonchev–Trinajstić information content (AvgIpc) is 2.77. The molecule has 0 spiro atoms. The van der Waals surface area contributed by atoms with Crippen LogP contribution >= 0.6 is 23.2 Å². The second-order valence-corrected chi connectivity index (χ2v) is 4.49. The van der Waals surface area contributed by atoms with E-state index < -0.39 is 0 Å². The van der Waals surface area contributed by atoms with Gasteiger partial charge in [-0.05, 0) is 18.2 Å². The van der Waals surface area contributed by atoms with Crippen molar-refractivity contribution in [3.63, 3.8) is 0 Å². The van der Waals surface area contributed by atoms with Crippen molar-refractivity contribution in [2.45, 2.75) is 13.0 Å². The van der Waals surface area contributed by atoms with E-state index >= 15 is 0 Å². The SMILES string of the molecule is O=C(CCn1cncn1)Nc1cc(Cl)cc(Cl)c1. The maximum atomic E-state index is 11.7. The van der Waals surface area contributed by atoms with E-state index in [1.165, 1.54) is 6.33 Å². The van der Waals surface area contributed by atoms with Crippen molar-refractivity contribution in [3.8, 4) is 0 Å². The van der Waals surface area contributed by atoms with Crippen molar-refractivity contribution in [2.24, 2.45) is 0 Å². The summed E-state index contributed by atoms with van der Waals surface area (Å²) in [5.41, 5.74) is 0.580. The number of nitrogens with zero attached hydrogens (tertiary/aromatic N) is 3. The Hall–Kier alpha value is -1.59. The number of aromatic nitrogens is 3. The van der Waals surface area contributed by atoms with Crippen molar-refractivity contribution >= 4 is 34.8 Å². The van der Waals surface area contributed by atoms with Gasteiger partial charge < -0.3 is 5.32 Å². The smallest absolute Gasteiger partial charge is 0.226 e. The average molecular weight is 285 g/mol. The predicted molar refractivity (Wildman–Crippen MR) is 69.7 cm³/mol. The monoisotopic (exact) mass is 284 g/mol. The first kappa shape index (κ1) is 12.9. The number of amides is 1. The van der Waals surface area contributed by atoms with E-state index in [9.17, 15) is 4.79 Å². The van der Waals surface area contributed by atoms with Crippen LogP contribution in [0.3, 0.4) is 0 Å². The molecule has 0 bridgehead atoms. The summed E-state index contributed by atoms with van der Waals surface area (Å²) in [6.07, 6.45) is 3.28. The van der Waals surface area contributed by atoms with Crippen molar-refractivity contribution < 1.29 is 4.79 Å². The van der Waals surface area contributed by atoms with Gasteiger partial charge in [0.15, 0.2) is 0 Å². The fourth-order valence-electron chi connectivity index (χ4n) is 1.41. The lowest BCUT2D eigenvalue weighted by Crippen LogP contribution is -2.14. The molecule has 0 atom stereocenters. The Bertz CT molecular complexity index is 522. The molecule has 0 aliphatic heterocycles. The third kappa shape index (κ3) is 3.72. The quantitative estimate of drug-likeness (QED) is 0.939. The van der Waals surface area contributed by atoms with Crippen LogP contribution in [-0.4, -0.2) is 20.7 Å². The maximum Gasteiger partial charge on any atom is 0.226 e. The van der Waals surface area contributed by atoms with Gasteiger partial charge in [0.2, 0.25) is 5.91 Å². The predicted octanol–water partition coefficient (Wildman–Crippen LogP) is 2.61. The normalized spacial score (nSPS) is 10.3. The molecule has 1 aromatic carbocycles.